The van der Waals surface area contributed by atoms with E-state index in [1.54, 1.807) is 24.3 Å². The molecule has 2 N–H and O–H groups in total. The first kappa shape index (κ1) is 17.4. The summed E-state index contributed by atoms with van der Waals surface area (Å²) in [7, 11) is 0. The summed E-state index contributed by atoms with van der Waals surface area (Å²) < 4.78 is 6.03. The topological polar surface area (TPSA) is 78.9 Å². The Kier molecular flexibility index (Phi) is 5.73. The summed E-state index contributed by atoms with van der Waals surface area (Å²) in [6.07, 6.45) is 2.40. The maximum atomic E-state index is 12.3. The van der Waals surface area contributed by atoms with Gasteiger partial charge in [0, 0.05) is 16.6 Å². The zero-order valence-corrected chi connectivity index (χ0v) is 14.7. The van der Waals surface area contributed by atoms with E-state index in [9.17, 15) is 9.59 Å². The Hall–Kier alpha value is -1.93. The van der Waals surface area contributed by atoms with Crippen LogP contribution in [0.15, 0.2) is 28.4 Å². The standard InChI is InChI=1S/C15H15BrN2O4S/c1-2-5-18-14(21)11(17-15(18)23)7-9-6-10(16)3-4-12(9)22-8-13(19)20/h3-4,6-7H,2,5,8H2,1H3,(H,17,23)(H,19,20). The van der Waals surface area contributed by atoms with E-state index in [-0.39, 0.29) is 5.91 Å². The third kappa shape index (κ3) is 4.29. The molecule has 0 bridgehead atoms. The molecule has 0 radical (unpaired) electrons. The number of hydrogen-bond donors (Lipinski definition) is 2. The first-order chi connectivity index (χ1) is 10.9. The molecule has 0 saturated carbocycles. The number of benzene rings is 1. The molecule has 1 aromatic rings. The fourth-order valence-corrected chi connectivity index (χ4v) is 2.72. The van der Waals surface area contributed by atoms with Crippen molar-refractivity contribution in [3.63, 3.8) is 0 Å². The van der Waals surface area contributed by atoms with Crippen molar-refractivity contribution in [3.8, 4) is 5.75 Å². The van der Waals surface area contributed by atoms with Gasteiger partial charge in [-0.25, -0.2) is 4.79 Å². The summed E-state index contributed by atoms with van der Waals surface area (Å²) in [5, 5.41) is 12.0. The minimum Gasteiger partial charge on any atom is -0.481 e. The van der Waals surface area contributed by atoms with Gasteiger partial charge in [-0.2, -0.15) is 0 Å². The number of carbonyl (C=O) groups is 2. The van der Waals surface area contributed by atoms with E-state index in [0.29, 0.717) is 28.7 Å². The van der Waals surface area contributed by atoms with Crippen LogP contribution in [0.3, 0.4) is 0 Å². The number of carboxylic acids is 1. The smallest absolute Gasteiger partial charge is 0.341 e. The second kappa shape index (κ2) is 7.56. The Morgan fingerprint density at radius 3 is 2.91 bits per heavy atom. The number of hydrogen-bond acceptors (Lipinski definition) is 4. The average molecular weight is 399 g/mol. The normalized spacial score (nSPS) is 15.9. The number of carbonyl (C=O) groups excluding carboxylic acids is 1. The van der Waals surface area contributed by atoms with E-state index >= 15 is 0 Å². The van der Waals surface area contributed by atoms with Gasteiger partial charge in [0.25, 0.3) is 5.91 Å². The van der Waals surface area contributed by atoms with E-state index in [1.807, 2.05) is 6.92 Å². The summed E-state index contributed by atoms with van der Waals surface area (Å²) in [6, 6.07) is 5.11. The van der Waals surface area contributed by atoms with E-state index < -0.39 is 12.6 Å². The summed E-state index contributed by atoms with van der Waals surface area (Å²) >= 11 is 8.50. The van der Waals surface area contributed by atoms with Crippen molar-refractivity contribution in [2.75, 3.05) is 13.2 Å². The molecule has 0 unspecified atom stereocenters. The average Bonchev–Trinajstić information content (AvgIpc) is 2.74. The highest BCUT2D eigenvalue weighted by atomic mass is 79.9. The van der Waals surface area contributed by atoms with Crippen LogP contribution in [0.4, 0.5) is 0 Å². The highest BCUT2D eigenvalue weighted by Crippen LogP contribution is 2.26. The highest BCUT2D eigenvalue weighted by molar-refractivity contribution is 9.10. The second-order valence-electron chi connectivity index (χ2n) is 4.81. The quantitative estimate of drug-likeness (QED) is 0.565. The van der Waals surface area contributed by atoms with Gasteiger partial charge in [0.05, 0.1) is 0 Å². The van der Waals surface area contributed by atoms with Gasteiger partial charge in [-0.15, -0.1) is 0 Å². The number of ether oxygens (including phenoxy) is 1. The third-order valence-electron chi connectivity index (χ3n) is 3.03. The van der Waals surface area contributed by atoms with Gasteiger partial charge in [-0.3, -0.25) is 9.69 Å². The molecule has 1 amide bonds. The second-order valence-corrected chi connectivity index (χ2v) is 6.11. The molecule has 2 rings (SSSR count). The Balaban J connectivity index is 2.31. The lowest BCUT2D eigenvalue weighted by molar-refractivity contribution is -0.139. The van der Waals surface area contributed by atoms with Crippen molar-refractivity contribution < 1.29 is 19.4 Å². The van der Waals surface area contributed by atoms with E-state index in [2.05, 4.69) is 21.2 Å². The van der Waals surface area contributed by atoms with Crippen molar-refractivity contribution in [2.24, 2.45) is 0 Å². The molecule has 1 saturated heterocycles. The number of nitrogens with zero attached hydrogens (tertiary/aromatic N) is 1. The number of nitrogens with one attached hydrogen (secondary N) is 1. The monoisotopic (exact) mass is 398 g/mol. The summed E-state index contributed by atoms with van der Waals surface area (Å²) in [6.45, 7) is 2.05. The van der Waals surface area contributed by atoms with Crippen LogP contribution in [0.5, 0.6) is 5.75 Å². The Bertz CT molecular complexity index is 690. The van der Waals surface area contributed by atoms with Crippen LogP contribution < -0.4 is 10.1 Å². The summed E-state index contributed by atoms with van der Waals surface area (Å²) in [4.78, 5) is 24.5. The van der Waals surface area contributed by atoms with E-state index in [4.69, 9.17) is 22.1 Å². The zero-order valence-electron chi connectivity index (χ0n) is 12.3. The molecule has 1 aliphatic rings. The number of thiocarbonyl (C=S) groups is 1. The third-order valence-corrected chi connectivity index (χ3v) is 3.85. The molecule has 8 heteroatoms. The largest absolute Gasteiger partial charge is 0.481 e. The molecule has 0 spiro atoms. The van der Waals surface area contributed by atoms with Gasteiger partial charge in [0.2, 0.25) is 0 Å². The number of carboxylic acid groups (broad SMARTS) is 1. The molecule has 1 aliphatic heterocycles. The number of halogens is 1. The number of rotatable bonds is 6. The highest BCUT2D eigenvalue weighted by Gasteiger charge is 2.29. The molecule has 122 valence electrons. The minimum atomic E-state index is -1.07. The van der Waals surface area contributed by atoms with Crippen LogP contribution in [0, 0.1) is 0 Å². The molecule has 1 aromatic carbocycles. The molecule has 0 aromatic heterocycles. The van der Waals surface area contributed by atoms with Crippen LogP contribution >= 0.6 is 28.1 Å². The lowest BCUT2D eigenvalue weighted by Gasteiger charge is -2.11. The molecule has 1 heterocycles. The van der Waals surface area contributed by atoms with Crippen molar-refractivity contribution >= 4 is 51.2 Å². The number of aliphatic carboxylic acids is 1. The molecule has 0 atom stereocenters. The molecule has 1 fully saturated rings. The first-order valence-corrected chi connectivity index (χ1v) is 8.11. The van der Waals surface area contributed by atoms with Gasteiger partial charge in [0.1, 0.15) is 11.4 Å². The molecule has 6 nitrogen and oxygen atoms in total. The SMILES string of the molecule is CCCN1C(=O)C(=Cc2cc(Br)ccc2OCC(=O)O)NC1=S. The summed E-state index contributed by atoms with van der Waals surface area (Å²) in [5.41, 5.74) is 0.916. The van der Waals surface area contributed by atoms with Crippen molar-refractivity contribution in [1.29, 1.82) is 0 Å². The van der Waals surface area contributed by atoms with E-state index in [1.165, 1.54) is 4.90 Å². The van der Waals surface area contributed by atoms with Gasteiger partial charge in [-0.1, -0.05) is 22.9 Å². The predicted molar refractivity (Wildman–Crippen MR) is 93.0 cm³/mol. The van der Waals surface area contributed by atoms with Crippen LogP contribution in [0.25, 0.3) is 6.08 Å². The number of amides is 1. The van der Waals surface area contributed by atoms with Gasteiger partial charge < -0.3 is 15.2 Å². The zero-order chi connectivity index (χ0) is 17.0. The van der Waals surface area contributed by atoms with Gasteiger partial charge in [-0.05, 0) is 42.9 Å². The van der Waals surface area contributed by atoms with Crippen molar-refractivity contribution in [1.82, 2.24) is 10.2 Å². The Labute approximate surface area is 147 Å². The fourth-order valence-electron chi connectivity index (χ4n) is 2.06. The Morgan fingerprint density at radius 2 is 2.26 bits per heavy atom. The molecule has 23 heavy (non-hydrogen) atoms. The van der Waals surface area contributed by atoms with Crippen LogP contribution in [0.2, 0.25) is 0 Å². The van der Waals surface area contributed by atoms with Crippen LogP contribution in [-0.2, 0) is 9.59 Å². The Morgan fingerprint density at radius 1 is 1.52 bits per heavy atom. The van der Waals surface area contributed by atoms with Gasteiger partial charge in [0.15, 0.2) is 11.7 Å². The van der Waals surface area contributed by atoms with Crippen molar-refractivity contribution in [3.05, 3.63) is 33.9 Å². The summed E-state index contributed by atoms with van der Waals surface area (Å²) in [5.74, 6) is -0.907. The first-order valence-electron chi connectivity index (χ1n) is 6.91. The fraction of sp³-hybridized carbons (Fsp3) is 0.267. The van der Waals surface area contributed by atoms with Crippen LogP contribution in [-0.4, -0.2) is 40.1 Å². The van der Waals surface area contributed by atoms with Gasteiger partial charge >= 0.3 is 5.97 Å². The lowest BCUT2D eigenvalue weighted by Crippen LogP contribution is -2.31. The van der Waals surface area contributed by atoms with E-state index in [0.717, 1.165) is 10.9 Å². The maximum absolute atomic E-state index is 12.3. The molecular weight excluding hydrogens is 384 g/mol. The predicted octanol–water partition coefficient (Wildman–Crippen LogP) is 2.38. The lowest BCUT2D eigenvalue weighted by atomic mass is 10.1. The maximum Gasteiger partial charge on any atom is 0.341 e. The molecular formula is C15H15BrN2O4S. The van der Waals surface area contributed by atoms with Crippen molar-refractivity contribution in [2.45, 2.75) is 13.3 Å². The van der Waals surface area contributed by atoms with Crippen LogP contribution in [0.1, 0.15) is 18.9 Å². The molecule has 0 aliphatic carbocycles. The minimum absolute atomic E-state index is 0.207.